The molecule has 2 aromatic rings. The quantitative estimate of drug-likeness (QED) is 0.456. The lowest BCUT2D eigenvalue weighted by atomic mass is 10.1. The number of Topliss-reactive ketones (excluding diaryl/α,β-unsaturated/α-hetero) is 1. The normalized spacial score (nSPS) is 19.6. The third-order valence-electron chi connectivity index (χ3n) is 6.81. The summed E-state index contributed by atoms with van der Waals surface area (Å²) in [6.45, 7) is 2.42. The number of halogens is 1. The molecule has 2 atom stereocenters. The number of carbonyl (C=O) groups is 4. The minimum Gasteiger partial charge on any atom is -0.468 e. The Bertz CT molecular complexity index is 1260. The number of piperazine rings is 1. The predicted octanol–water partition coefficient (Wildman–Crippen LogP) is 0.235. The number of likely N-dealkylation sites (N-methyl/N-ethyl adjacent to an activating group) is 1. The SMILES string of the molecule is COC(=O)CN1CCN(c2ncc(-c3ccc(N4CC(N(C)C(C)=O)OC4=O)cc3F)cn2)[C@H](C(=O)CN)C1. The van der Waals surface area contributed by atoms with Gasteiger partial charge in [0.2, 0.25) is 11.9 Å². The van der Waals surface area contributed by atoms with Crippen molar-refractivity contribution in [2.24, 2.45) is 5.73 Å². The number of hydrogen-bond acceptors (Lipinski definition) is 11. The molecule has 0 saturated carbocycles. The summed E-state index contributed by atoms with van der Waals surface area (Å²) in [6, 6.07) is 3.63. The van der Waals surface area contributed by atoms with Crippen LogP contribution < -0.4 is 15.5 Å². The van der Waals surface area contributed by atoms with E-state index in [2.05, 4.69) is 9.97 Å². The average Bonchev–Trinajstić information content (AvgIpc) is 3.33. The fourth-order valence-corrected chi connectivity index (χ4v) is 4.46. The van der Waals surface area contributed by atoms with Crippen LogP contribution >= 0.6 is 0 Å². The molecule has 4 rings (SSSR count). The van der Waals surface area contributed by atoms with Gasteiger partial charge < -0.3 is 25.0 Å². The number of esters is 1. The van der Waals surface area contributed by atoms with E-state index in [-0.39, 0.29) is 55.1 Å². The first-order valence-electron chi connectivity index (χ1n) is 12.2. The zero-order chi connectivity index (χ0) is 28.3. The monoisotopic (exact) mass is 543 g/mol. The van der Waals surface area contributed by atoms with Crippen molar-refractivity contribution in [2.45, 2.75) is 19.2 Å². The lowest BCUT2D eigenvalue weighted by Crippen LogP contribution is -2.59. The number of methoxy groups -OCH3 is 1. The van der Waals surface area contributed by atoms with E-state index in [1.807, 2.05) is 4.90 Å². The Kier molecular flexibility index (Phi) is 8.35. The first kappa shape index (κ1) is 27.9. The van der Waals surface area contributed by atoms with Crippen LogP contribution in [0.3, 0.4) is 0 Å². The maximum Gasteiger partial charge on any atom is 0.416 e. The van der Waals surface area contributed by atoms with E-state index in [4.69, 9.17) is 15.2 Å². The summed E-state index contributed by atoms with van der Waals surface area (Å²) >= 11 is 0. The Hall–Kier alpha value is -4.17. The molecule has 0 bridgehead atoms. The zero-order valence-electron chi connectivity index (χ0n) is 21.9. The van der Waals surface area contributed by atoms with Crippen LogP contribution in [-0.2, 0) is 23.9 Å². The first-order chi connectivity index (χ1) is 18.6. The largest absolute Gasteiger partial charge is 0.468 e. The molecule has 0 spiro atoms. The van der Waals surface area contributed by atoms with Crippen LogP contribution in [0.1, 0.15) is 6.92 Å². The second-order valence-electron chi connectivity index (χ2n) is 9.21. The lowest BCUT2D eigenvalue weighted by Gasteiger charge is -2.40. The molecule has 0 aliphatic carbocycles. The van der Waals surface area contributed by atoms with Gasteiger partial charge in [-0.15, -0.1) is 0 Å². The molecule has 2 N–H and O–H groups in total. The highest BCUT2D eigenvalue weighted by molar-refractivity contribution is 5.91. The number of ketones is 1. The van der Waals surface area contributed by atoms with Crippen LogP contribution in [0, 0.1) is 5.82 Å². The van der Waals surface area contributed by atoms with Gasteiger partial charge in [-0.2, -0.15) is 0 Å². The fourth-order valence-electron chi connectivity index (χ4n) is 4.46. The molecule has 208 valence electrons. The Morgan fingerprint density at radius 2 is 1.92 bits per heavy atom. The number of anilines is 2. The van der Waals surface area contributed by atoms with Crippen LogP contribution in [0.2, 0.25) is 0 Å². The molecule has 2 fully saturated rings. The summed E-state index contributed by atoms with van der Waals surface area (Å²) in [7, 11) is 2.82. The number of benzene rings is 1. The van der Waals surface area contributed by atoms with Crippen molar-refractivity contribution in [3.63, 3.8) is 0 Å². The van der Waals surface area contributed by atoms with Crippen molar-refractivity contribution in [1.82, 2.24) is 19.8 Å². The van der Waals surface area contributed by atoms with E-state index in [0.717, 1.165) is 0 Å². The predicted molar refractivity (Wildman–Crippen MR) is 137 cm³/mol. The van der Waals surface area contributed by atoms with Crippen LogP contribution in [0.15, 0.2) is 30.6 Å². The summed E-state index contributed by atoms with van der Waals surface area (Å²) in [5.74, 6) is -1.22. The molecule has 2 aliphatic rings. The summed E-state index contributed by atoms with van der Waals surface area (Å²) in [6.07, 6.45) is 1.46. The topological polar surface area (TPSA) is 152 Å². The molecular formula is C25H30FN7O6. The zero-order valence-corrected chi connectivity index (χ0v) is 21.9. The van der Waals surface area contributed by atoms with Crippen molar-refractivity contribution >= 4 is 35.4 Å². The molecule has 0 radical (unpaired) electrons. The van der Waals surface area contributed by atoms with Crippen molar-refractivity contribution < 1.29 is 33.0 Å². The molecule has 2 saturated heterocycles. The van der Waals surface area contributed by atoms with Gasteiger partial charge in [-0.3, -0.25) is 24.2 Å². The molecule has 1 unspecified atom stereocenters. The van der Waals surface area contributed by atoms with Gasteiger partial charge in [0.25, 0.3) is 0 Å². The number of cyclic esters (lactones) is 1. The number of rotatable bonds is 8. The number of nitrogens with zero attached hydrogens (tertiary/aromatic N) is 6. The van der Waals surface area contributed by atoms with Crippen molar-refractivity contribution in [3.8, 4) is 11.1 Å². The molecule has 39 heavy (non-hydrogen) atoms. The number of amides is 2. The molecular weight excluding hydrogens is 513 g/mol. The smallest absolute Gasteiger partial charge is 0.416 e. The summed E-state index contributed by atoms with van der Waals surface area (Å²) in [5.41, 5.74) is 6.51. The third kappa shape index (κ3) is 5.96. The molecule has 14 heteroatoms. The van der Waals surface area contributed by atoms with Gasteiger partial charge in [0.1, 0.15) is 11.9 Å². The summed E-state index contributed by atoms with van der Waals surface area (Å²) < 4.78 is 25.1. The van der Waals surface area contributed by atoms with Gasteiger partial charge in [-0.25, -0.2) is 19.2 Å². The Balaban J connectivity index is 1.49. The van der Waals surface area contributed by atoms with E-state index in [0.29, 0.717) is 18.7 Å². The lowest BCUT2D eigenvalue weighted by molar-refractivity contribution is -0.142. The second kappa shape index (κ2) is 11.7. The standard InChI is InChI=1S/C25H30FN7O6/c1-15(34)30(2)22-13-33(25(37)39-22)17-4-5-18(19(26)8-17)16-10-28-24(29-11-16)32-7-6-31(14-23(36)38-3)12-20(32)21(35)9-27/h4-5,8,10-11,20,22H,6-7,9,12-14,27H2,1-3H3/t20-,22?/m0/s1. The van der Waals surface area contributed by atoms with Crippen molar-refractivity contribution in [3.05, 3.63) is 36.4 Å². The van der Waals surface area contributed by atoms with Gasteiger partial charge in [0, 0.05) is 57.1 Å². The van der Waals surface area contributed by atoms with Gasteiger partial charge in [0.05, 0.1) is 32.4 Å². The number of nitrogens with two attached hydrogens (primary N) is 1. The maximum absolute atomic E-state index is 15.1. The fraction of sp³-hybridized carbons (Fsp3) is 0.440. The maximum atomic E-state index is 15.1. The van der Waals surface area contributed by atoms with Crippen molar-refractivity contribution in [1.29, 1.82) is 0 Å². The number of aromatic nitrogens is 2. The van der Waals surface area contributed by atoms with Crippen LogP contribution in [0.4, 0.5) is 20.8 Å². The van der Waals surface area contributed by atoms with E-state index >= 15 is 4.39 Å². The molecule has 1 aromatic heterocycles. The van der Waals surface area contributed by atoms with Gasteiger partial charge in [-0.05, 0) is 18.2 Å². The van der Waals surface area contributed by atoms with Gasteiger partial charge >= 0.3 is 12.1 Å². The third-order valence-corrected chi connectivity index (χ3v) is 6.81. The molecule has 3 heterocycles. The summed E-state index contributed by atoms with van der Waals surface area (Å²) in [4.78, 5) is 63.0. The first-order valence-corrected chi connectivity index (χ1v) is 12.2. The Labute approximate surface area is 224 Å². The van der Waals surface area contributed by atoms with Gasteiger partial charge in [-0.1, -0.05) is 0 Å². The number of ether oxygens (including phenoxy) is 2. The molecule has 2 aliphatic heterocycles. The van der Waals surface area contributed by atoms with Gasteiger partial charge in [0.15, 0.2) is 12.0 Å². The van der Waals surface area contributed by atoms with E-state index < -0.39 is 30.1 Å². The van der Waals surface area contributed by atoms with E-state index in [1.165, 1.54) is 55.4 Å². The summed E-state index contributed by atoms with van der Waals surface area (Å²) in [5, 5.41) is 0. The number of hydrogen-bond donors (Lipinski definition) is 1. The molecule has 13 nitrogen and oxygen atoms in total. The molecule has 1 aromatic carbocycles. The highest BCUT2D eigenvalue weighted by Gasteiger charge is 2.36. The van der Waals surface area contributed by atoms with Crippen molar-refractivity contribution in [2.75, 3.05) is 63.2 Å². The number of carbonyl (C=O) groups excluding carboxylic acids is 4. The highest BCUT2D eigenvalue weighted by atomic mass is 19.1. The minimum absolute atomic E-state index is 0.0526. The molecule has 2 amide bonds. The van der Waals surface area contributed by atoms with Crippen LogP contribution in [0.5, 0.6) is 0 Å². The Morgan fingerprint density at radius 1 is 1.21 bits per heavy atom. The van der Waals surface area contributed by atoms with Crippen LogP contribution in [0.25, 0.3) is 11.1 Å². The highest BCUT2D eigenvalue weighted by Crippen LogP contribution is 2.30. The van der Waals surface area contributed by atoms with E-state index in [9.17, 15) is 19.2 Å². The van der Waals surface area contributed by atoms with Crippen LogP contribution in [-0.4, -0.2) is 109 Å². The van der Waals surface area contributed by atoms with E-state index in [1.54, 1.807) is 11.0 Å². The second-order valence-corrected chi connectivity index (χ2v) is 9.21. The average molecular weight is 544 g/mol. The minimum atomic E-state index is -0.768. The Morgan fingerprint density at radius 3 is 2.54 bits per heavy atom.